The predicted octanol–water partition coefficient (Wildman–Crippen LogP) is 1.57. The first kappa shape index (κ1) is 31.5. The maximum Gasteiger partial charge on any atom is 0.490 e. The lowest BCUT2D eigenvalue weighted by Gasteiger charge is -2.27. The van der Waals surface area contributed by atoms with Crippen molar-refractivity contribution in [2.75, 3.05) is 84.6 Å². The Morgan fingerprint density at radius 2 is 1.30 bits per heavy atom. The summed E-state index contributed by atoms with van der Waals surface area (Å²) < 4.78 is 0. The molecule has 4 bridgehead atoms. The number of aromatic nitrogens is 6. The highest BCUT2D eigenvalue weighted by atomic mass is 35.5. The van der Waals surface area contributed by atoms with Crippen molar-refractivity contribution in [1.82, 2.24) is 29.9 Å². The SMILES string of the molecule is CN(C)c1ccc(-c2ncc3c(n2)N[C@H]2CCN3C2)cn1.CN(C)c1ccc(B(O)O)cn1.Clc1ncc2c(n1)N[C@H]1CCN2C1. The molecule has 0 aromatic carbocycles. The van der Waals surface area contributed by atoms with E-state index in [2.05, 4.69) is 50.3 Å². The largest absolute Gasteiger partial charge is 0.490 e. The fourth-order valence-electron chi connectivity index (χ4n) is 5.72. The van der Waals surface area contributed by atoms with Crippen molar-refractivity contribution in [2.24, 2.45) is 0 Å². The molecule has 2 fully saturated rings. The zero-order valence-electron chi connectivity index (χ0n) is 26.3. The van der Waals surface area contributed by atoms with Gasteiger partial charge >= 0.3 is 7.12 Å². The second-order valence-corrected chi connectivity index (χ2v) is 12.3. The molecule has 4 aromatic heterocycles. The van der Waals surface area contributed by atoms with Crippen LogP contribution in [0.25, 0.3) is 11.4 Å². The number of anilines is 6. The molecule has 240 valence electrons. The van der Waals surface area contributed by atoms with E-state index >= 15 is 0 Å². The van der Waals surface area contributed by atoms with Crippen molar-refractivity contribution in [3.63, 3.8) is 0 Å². The maximum absolute atomic E-state index is 8.76. The Bertz CT molecular complexity index is 1620. The van der Waals surface area contributed by atoms with Crippen LogP contribution in [0.15, 0.2) is 49.1 Å². The van der Waals surface area contributed by atoms with Crippen LogP contribution in [0.1, 0.15) is 12.8 Å². The Morgan fingerprint density at radius 1 is 0.739 bits per heavy atom. The van der Waals surface area contributed by atoms with Crippen LogP contribution in [0.2, 0.25) is 5.28 Å². The fraction of sp³-hybridized carbons (Fsp3) is 0.400. The Labute approximate surface area is 273 Å². The van der Waals surface area contributed by atoms with E-state index in [0.29, 0.717) is 22.8 Å². The first-order chi connectivity index (χ1) is 22.1. The molecule has 2 saturated heterocycles. The lowest BCUT2D eigenvalue weighted by Crippen LogP contribution is -2.32. The zero-order valence-corrected chi connectivity index (χ0v) is 27.1. The molecule has 8 rings (SSSR count). The number of halogens is 1. The Kier molecular flexibility index (Phi) is 9.24. The Morgan fingerprint density at radius 3 is 1.83 bits per heavy atom. The third-order valence-corrected chi connectivity index (χ3v) is 8.42. The lowest BCUT2D eigenvalue weighted by molar-refractivity contribution is 0.425. The van der Waals surface area contributed by atoms with Crippen molar-refractivity contribution in [1.29, 1.82) is 0 Å². The van der Waals surface area contributed by atoms with Gasteiger partial charge in [0.25, 0.3) is 0 Å². The van der Waals surface area contributed by atoms with Crippen LogP contribution in [0, 0.1) is 0 Å². The molecule has 2 atom stereocenters. The van der Waals surface area contributed by atoms with Gasteiger partial charge in [-0.2, -0.15) is 4.98 Å². The summed E-state index contributed by atoms with van der Waals surface area (Å²) in [5, 5.41) is 24.7. The third kappa shape index (κ3) is 7.01. The first-order valence-electron chi connectivity index (χ1n) is 15.2. The number of rotatable bonds is 4. The maximum atomic E-state index is 8.76. The summed E-state index contributed by atoms with van der Waals surface area (Å²) in [5.41, 5.74) is 3.54. The third-order valence-electron chi connectivity index (χ3n) is 8.24. The highest BCUT2D eigenvalue weighted by Gasteiger charge is 2.32. The number of nitrogens with zero attached hydrogens (tertiary/aromatic N) is 10. The molecule has 0 spiro atoms. The second-order valence-electron chi connectivity index (χ2n) is 12.0. The van der Waals surface area contributed by atoms with Gasteiger partial charge in [-0.05, 0) is 42.6 Å². The summed E-state index contributed by atoms with van der Waals surface area (Å²) in [6.07, 6.45) is 9.33. The molecule has 0 saturated carbocycles. The van der Waals surface area contributed by atoms with E-state index in [0.717, 1.165) is 72.2 Å². The van der Waals surface area contributed by atoms with Crippen LogP contribution in [0.5, 0.6) is 0 Å². The molecule has 0 unspecified atom stereocenters. The summed E-state index contributed by atoms with van der Waals surface area (Å²) in [4.78, 5) is 34.2. The van der Waals surface area contributed by atoms with Gasteiger partial charge in [0.15, 0.2) is 17.5 Å². The van der Waals surface area contributed by atoms with Crippen molar-refractivity contribution < 1.29 is 10.0 Å². The van der Waals surface area contributed by atoms with Crippen LogP contribution < -0.4 is 35.7 Å². The molecule has 46 heavy (non-hydrogen) atoms. The van der Waals surface area contributed by atoms with Crippen LogP contribution in [-0.2, 0) is 0 Å². The highest BCUT2D eigenvalue weighted by Crippen LogP contribution is 2.35. The Hall–Kier alpha value is -4.47. The molecular formula is C30H38BClN12O2. The normalized spacial score (nSPS) is 18.1. The fourth-order valence-corrected chi connectivity index (χ4v) is 5.86. The van der Waals surface area contributed by atoms with Gasteiger partial charge in [0.05, 0.1) is 23.8 Å². The van der Waals surface area contributed by atoms with Gasteiger partial charge in [0.1, 0.15) is 11.6 Å². The van der Waals surface area contributed by atoms with Gasteiger partial charge < -0.3 is 40.3 Å². The quantitative estimate of drug-likeness (QED) is 0.188. The zero-order chi connectivity index (χ0) is 32.4. The van der Waals surface area contributed by atoms with Crippen LogP contribution >= 0.6 is 11.6 Å². The number of pyridine rings is 2. The van der Waals surface area contributed by atoms with E-state index < -0.39 is 7.12 Å². The number of hydrogen-bond donors (Lipinski definition) is 4. The van der Waals surface area contributed by atoms with Crippen molar-refractivity contribution in [2.45, 2.75) is 24.9 Å². The molecule has 16 heteroatoms. The van der Waals surface area contributed by atoms with Crippen molar-refractivity contribution in [3.8, 4) is 11.4 Å². The number of fused-ring (bicyclic) bond motifs is 8. The minimum absolute atomic E-state index is 0.314. The van der Waals surface area contributed by atoms with E-state index in [1.807, 2.05) is 62.5 Å². The van der Waals surface area contributed by atoms with Crippen LogP contribution in [-0.4, -0.2) is 114 Å². The predicted molar refractivity (Wildman–Crippen MR) is 184 cm³/mol. The van der Waals surface area contributed by atoms with Gasteiger partial charge in [-0.15, -0.1) is 0 Å². The molecule has 4 aliphatic heterocycles. The minimum atomic E-state index is -1.44. The minimum Gasteiger partial charge on any atom is -0.423 e. The first-order valence-corrected chi connectivity index (χ1v) is 15.6. The highest BCUT2D eigenvalue weighted by molar-refractivity contribution is 6.58. The van der Waals surface area contributed by atoms with E-state index in [9.17, 15) is 0 Å². The lowest BCUT2D eigenvalue weighted by atomic mass is 9.82. The summed E-state index contributed by atoms with van der Waals surface area (Å²) in [6, 6.07) is 8.43. The summed E-state index contributed by atoms with van der Waals surface area (Å²) >= 11 is 5.71. The molecule has 4 aromatic rings. The average molecular weight is 645 g/mol. The van der Waals surface area contributed by atoms with Gasteiger partial charge in [-0.25, -0.2) is 24.9 Å². The van der Waals surface area contributed by atoms with Crippen molar-refractivity contribution in [3.05, 3.63) is 54.3 Å². The van der Waals surface area contributed by atoms with Gasteiger partial charge in [0.2, 0.25) is 5.28 Å². The average Bonchev–Trinajstić information content (AvgIpc) is 3.64. The topological polar surface area (TPSA) is 155 Å². The number of nitrogens with one attached hydrogen (secondary N) is 2. The summed E-state index contributed by atoms with van der Waals surface area (Å²) in [6.45, 7) is 4.31. The second kappa shape index (κ2) is 13.5. The van der Waals surface area contributed by atoms with Gasteiger partial charge in [0, 0.05) is 89.9 Å². The molecule has 0 amide bonds. The molecule has 4 aliphatic rings. The molecule has 0 aliphatic carbocycles. The number of hydrogen-bond acceptors (Lipinski definition) is 14. The monoisotopic (exact) mass is 644 g/mol. The van der Waals surface area contributed by atoms with E-state index in [1.54, 1.807) is 18.3 Å². The van der Waals surface area contributed by atoms with E-state index in [4.69, 9.17) is 21.6 Å². The standard InChI is InChI=1S/C15H18N6.C8H9ClN4.C7H11BN2O2/c1-20(2)13-4-3-10(7-16-13)14-17-8-12-15(19-14)18-11-5-6-21(12)9-11;9-8-10-3-6-7(12-8)11-5-1-2-13(6)4-5;1-10(2)7-4-3-6(5-9-7)8(11)12/h3-4,7-8,11H,5-6,9H2,1-2H3,(H,17,18,19);3,5H,1-2,4H2,(H,10,11,12);3-5,11-12H,1-2H3/t11-;5-;/m00./s1. The molecule has 14 nitrogen and oxygen atoms in total. The van der Waals surface area contributed by atoms with Crippen molar-refractivity contribution >= 4 is 58.8 Å². The molecular weight excluding hydrogens is 607 g/mol. The Balaban J connectivity index is 0.000000129. The van der Waals surface area contributed by atoms with E-state index in [1.165, 1.54) is 19.0 Å². The molecule has 4 N–H and O–H groups in total. The van der Waals surface area contributed by atoms with Crippen LogP contribution in [0.3, 0.4) is 0 Å². The molecule has 8 heterocycles. The van der Waals surface area contributed by atoms with Crippen LogP contribution in [0.4, 0.5) is 34.6 Å². The van der Waals surface area contributed by atoms with Gasteiger partial charge in [-0.3, -0.25) is 0 Å². The molecule has 0 radical (unpaired) electrons. The smallest absolute Gasteiger partial charge is 0.423 e. The van der Waals surface area contributed by atoms with E-state index in [-0.39, 0.29) is 0 Å². The van der Waals surface area contributed by atoms with Gasteiger partial charge in [-0.1, -0.05) is 6.07 Å². The summed E-state index contributed by atoms with van der Waals surface area (Å²) in [7, 11) is 6.26. The summed E-state index contributed by atoms with van der Waals surface area (Å²) in [5.74, 6) is 4.28.